The van der Waals surface area contributed by atoms with Crippen LogP contribution in [0.3, 0.4) is 0 Å². The van der Waals surface area contributed by atoms with Crippen molar-refractivity contribution in [1.29, 1.82) is 0 Å². The predicted octanol–water partition coefficient (Wildman–Crippen LogP) is 6.60. The molecule has 0 aliphatic rings. The highest BCUT2D eigenvalue weighted by molar-refractivity contribution is 7.80. The van der Waals surface area contributed by atoms with Gasteiger partial charge in [0.1, 0.15) is 17.3 Å². The molecule has 28 heavy (non-hydrogen) atoms. The number of ether oxygens (including phenoxy) is 1. The van der Waals surface area contributed by atoms with Crippen LogP contribution in [-0.2, 0) is 19.6 Å². The molecule has 0 bridgehead atoms. The summed E-state index contributed by atoms with van der Waals surface area (Å²) in [5.74, 6) is 0.771. The van der Waals surface area contributed by atoms with Crippen LogP contribution in [0.2, 0.25) is 10.0 Å². The van der Waals surface area contributed by atoms with Gasteiger partial charge in [0.15, 0.2) is 0 Å². The van der Waals surface area contributed by atoms with E-state index < -0.39 is 0 Å². The summed E-state index contributed by atoms with van der Waals surface area (Å²) in [7, 11) is 0. The number of nitrogens with one attached hydrogen (secondary N) is 1. The maximum atomic E-state index is 6.03. The zero-order chi connectivity index (χ0) is 19.9. The normalized spacial score (nSPS) is 10.5. The van der Waals surface area contributed by atoms with Gasteiger partial charge in [0, 0.05) is 12.1 Å². The van der Waals surface area contributed by atoms with Gasteiger partial charge in [-0.2, -0.15) is 0 Å². The van der Waals surface area contributed by atoms with Crippen LogP contribution >= 0.6 is 35.4 Å². The Bertz CT molecular complexity index is 940. The van der Waals surface area contributed by atoms with Gasteiger partial charge >= 0.3 is 0 Å². The lowest BCUT2D eigenvalue weighted by molar-refractivity contribution is 0.306. The largest absolute Gasteiger partial charge is 0.489 e. The number of halogens is 2. The lowest BCUT2D eigenvalue weighted by atomic mass is 10.1. The molecular weight excluding hydrogens is 409 g/mol. The Morgan fingerprint density at radius 1 is 0.857 bits per heavy atom. The molecule has 3 aromatic rings. The predicted molar refractivity (Wildman–Crippen MR) is 122 cm³/mol. The molecule has 0 saturated carbocycles. The molecule has 0 heterocycles. The minimum Gasteiger partial charge on any atom is -0.489 e. The average molecular weight is 430 g/mol. The molecular formula is C23H21Cl2NOS. The quantitative estimate of drug-likeness (QED) is 0.427. The maximum Gasteiger partial charge on any atom is 0.119 e. The van der Waals surface area contributed by atoms with E-state index in [0.717, 1.165) is 28.3 Å². The first kappa shape index (κ1) is 20.7. The number of thiocarbonyl (C=S) groups is 1. The van der Waals surface area contributed by atoms with Crippen LogP contribution in [0, 0.1) is 0 Å². The van der Waals surface area contributed by atoms with Crippen molar-refractivity contribution in [3.8, 4) is 5.75 Å². The van der Waals surface area contributed by atoms with E-state index >= 15 is 0 Å². The second kappa shape index (κ2) is 9.92. The number of hydrogen-bond donors (Lipinski definition) is 1. The van der Waals surface area contributed by atoms with Gasteiger partial charge in [0.2, 0.25) is 0 Å². The Labute approximate surface area is 181 Å². The molecule has 0 atom stereocenters. The second-order valence-electron chi connectivity index (χ2n) is 6.41. The van der Waals surface area contributed by atoms with Crippen molar-refractivity contribution in [2.24, 2.45) is 0 Å². The number of hydrogen-bond acceptors (Lipinski definition) is 2. The van der Waals surface area contributed by atoms with E-state index in [1.807, 2.05) is 36.4 Å². The monoisotopic (exact) mass is 429 g/mol. The molecule has 0 radical (unpaired) electrons. The molecule has 0 unspecified atom stereocenters. The number of benzene rings is 3. The van der Waals surface area contributed by atoms with Gasteiger partial charge in [-0.3, -0.25) is 0 Å². The Kier molecular flexibility index (Phi) is 7.32. The summed E-state index contributed by atoms with van der Waals surface area (Å²) in [5.41, 5.74) is 4.47. The zero-order valence-corrected chi connectivity index (χ0v) is 17.9. The lowest BCUT2D eigenvalue weighted by Gasteiger charge is -2.11. The van der Waals surface area contributed by atoms with Crippen LogP contribution in [-0.4, -0.2) is 4.99 Å². The fourth-order valence-electron chi connectivity index (χ4n) is 2.68. The van der Waals surface area contributed by atoms with Gasteiger partial charge < -0.3 is 10.1 Å². The van der Waals surface area contributed by atoms with Gasteiger partial charge in [-0.25, -0.2) is 0 Å². The fraction of sp³-hybridized carbons (Fsp3) is 0.174. The van der Waals surface area contributed by atoms with Crippen LogP contribution in [0.15, 0.2) is 66.7 Å². The smallest absolute Gasteiger partial charge is 0.119 e. The highest BCUT2D eigenvalue weighted by Gasteiger charge is 2.04. The molecule has 3 aromatic carbocycles. The van der Waals surface area contributed by atoms with E-state index in [9.17, 15) is 0 Å². The van der Waals surface area contributed by atoms with Crippen LogP contribution in [0.4, 0.5) is 0 Å². The summed E-state index contributed by atoms with van der Waals surface area (Å²) < 4.78 is 5.81. The Morgan fingerprint density at radius 3 is 2.14 bits per heavy atom. The maximum absolute atomic E-state index is 6.03. The van der Waals surface area contributed by atoms with Crippen molar-refractivity contribution in [2.45, 2.75) is 26.5 Å². The number of aryl methyl sites for hydroxylation is 1. The molecule has 2 nitrogen and oxygen atoms in total. The summed E-state index contributed by atoms with van der Waals surface area (Å²) in [4.78, 5) is 0.718. The van der Waals surface area contributed by atoms with Crippen molar-refractivity contribution in [3.63, 3.8) is 0 Å². The highest BCUT2D eigenvalue weighted by Crippen LogP contribution is 2.23. The minimum absolute atomic E-state index is 0.423. The van der Waals surface area contributed by atoms with Crippen molar-refractivity contribution in [1.82, 2.24) is 5.32 Å². The first-order chi connectivity index (χ1) is 13.5. The van der Waals surface area contributed by atoms with E-state index in [2.05, 4.69) is 36.5 Å². The summed E-state index contributed by atoms with van der Waals surface area (Å²) in [5, 5.41) is 4.37. The third-order valence-corrected chi connectivity index (χ3v) is 5.51. The number of rotatable bonds is 7. The summed E-state index contributed by atoms with van der Waals surface area (Å²) in [6.07, 6.45) is 1.05. The molecule has 0 spiro atoms. The Balaban J connectivity index is 1.52. The lowest BCUT2D eigenvalue weighted by Crippen LogP contribution is -2.21. The van der Waals surface area contributed by atoms with E-state index in [4.69, 9.17) is 40.2 Å². The molecule has 0 aliphatic carbocycles. The average Bonchev–Trinajstić information content (AvgIpc) is 2.73. The van der Waals surface area contributed by atoms with Crippen molar-refractivity contribution in [2.75, 3.05) is 0 Å². The first-order valence-electron chi connectivity index (χ1n) is 9.08. The summed E-state index contributed by atoms with van der Waals surface area (Å²) >= 11 is 17.5. The summed E-state index contributed by atoms with van der Waals surface area (Å²) in [6, 6.07) is 21.8. The molecule has 1 N–H and O–H groups in total. The van der Waals surface area contributed by atoms with Gasteiger partial charge in [0.25, 0.3) is 0 Å². The van der Waals surface area contributed by atoms with E-state index in [-0.39, 0.29) is 0 Å². The molecule has 144 valence electrons. The Hall–Kier alpha value is -2.07. The topological polar surface area (TPSA) is 21.3 Å². The van der Waals surface area contributed by atoms with Gasteiger partial charge in [-0.05, 0) is 59.5 Å². The zero-order valence-electron chi connectivity index (χ0n) is 15.5. The third kappa shape index (κ3) is 5.71. The van der Waals surface area contributed by atoms with E-state index in [1.54, 1.807) is 6.07 Å². The minimum atomic E-state index is 0.423. The van der Waals surface area contributed by atoms with Crippen molar-refractivity contribution in [3.05, 3.63) is 99.0 Å². The third-order valence-electron chi connectivity index (χ3n) is 4.39. The van der Waals surface area contributed by atoms with Gasteiger partial charge in [-0.15, -0.1) is 0 Å². The van der Waals surface area contributed by atoms with Gasteiger partial charge in [-0.1, -0.05) is 72.7 Å². The molecule has 0 aliphatic heterocycles. The van der Waals surface area contributed by atoms with E-state index in [1.165, 1.54) is 11.1 Å². The van der Waals surface area contributed by atoms with E-state index in [0.29, 0.717) is 23.2 Å². The molecule has 0 fully saturated rings. The summed E-state index contributed by atoms with van der Waals surface area (Å²) in [6.45, 7) is 3.28. The molecule has 0 saturated heterocycles. The van der Waals surface area contributed by atoms with Crippen LogP contribution in [0.1, 0.15) is 29.2 Å². The molecule has 0 aromatic heterocycles. The first-order valence-corrected chi connectivity index (χ1v) is 10.2. The van der Waals surface area contributed by atoms with Crippen LogP contribution in [0.5, 0.6) is 5.75 Å². The van der Waals surface area contributed by atoms with Crippen LogP contribution < -0.4 is 10.1 Å². The molecule has 3 rings (SSSR count). The van der Waals surface area contributed by atoms with Crippen molar-refractivity contribution >= 4 is 40.4 Å². The highest BCUT2D eigenvalue weighted by atomic mass is 35.5. The molecule has 5 heteroatoms. The second-order valence-corrected chi connectivity index (χ2v) is 7.64. The molecule has 0 amide bonds. The van der Waals surface area contributed by atoms with Crippen LogP contribution in [0.25, 0.3) is 0 Å². The van der Waals surface area contributed by atoms with Gasteiger partial charge in [0.05, 0.1) is 10.0 Å². The standard InChI is InChI=1S/C23H21Cl2NOS/c1-2-16-3-5-17(6-4-16)14-26-23(28)19-8-10-20(11-9-19)27-15-18-7-12-21(24)22(25)13-18/h3-13H,2,14-15H2,1H3,(H,26,28). The SMILES string of the molecule is CCc1ccc(CNC(=S)c2ccc(OCc3ccc(Cl)c(Cl)c3)cc2)cc1. The van der Waals surface area contributed by atoms with Crippen molar-refractivity contribution < 1.29 is 4.74 Å². The fourth-order valence-corrected chi connectivity index (χ4v) is 3.20. The Morgan fingerprint density at radius 2 is 1.50 bits per heavy atom.